The van der Waals surface area contributed by atoms with Gasteiger partial charge in [-0.25, -0.2) is 0 Å². The number of carbonyl (C=O) groups is 3. The number of furan rings is 1. The topological polar surface area (TPSA) is 97.4 Å². The first-order valence-corrected chi connectivity index (χ1v) is 7.27. The lowest BCUT2D eigenvalue weighted by atomic mass is 10.2. The fraction of sp³-hybridized carbons (Fsp3) is 0.333. The maximum Gasteiger partial charge on any atom is 0.240 e. The first-order valence-electron chi connectivity index (χ1n) is 7.27. The van der Waals surface area contributed by atoms with Crippen LogP contribution in [0.25, 0.3) is 0 Å². The van der Waals surface area contributed by atoms with Gasteiger partial charge < -0.3 is 9.73 Å². The van der Waals surface area contributed by atoms with Crippen LogP contribution in [0, 0.1) is 0 Å². The van der Waals surface area contributed by atoms with Gasteiger partial charge in [-0.2, -0.15) is 5.10 Å². The smallest absolute Gasteiger partial charge is 0.240 e. The monoisotopic (exact) mass is 316 g/mol. The highest BCUT2D eigenvalue weighted by molar-refractivity contribution is 6.04. The summed E-state index contributed by atoms with van der Waals surface area (Å²) in [7, 11) is 0. The molecule has 0 aliphatic carbocycles. The number of carbonyl (C=O) groups excluding carboxylic acids is 3. The lowest BCUT2D eigenvalue weighted by Crippen LogP contribution is -2.41. The standard InChI is InChI=1S/C15H16N4O4/c20-13(10-18-14(21)4-5-15(18)22)16-9-11(12-3-1-8-23-12)19-7-2-6-17-19/h1-3,6-8,11H,4-5,9-10H2,(H,16,20). The second-order valence-corrected chi connectivity index (χ2v) is 5.19. The molecule has 0 aromatic carbocycles. The van der Waals surface area contributed by atoms with Crippen LogP contribution in [0.4, 0.5) is 0 Å². The van der Waals surface area contributed by atoms with Crippen molar-refractivity contribution in [2.75, 3.05) is 13.1 Å². The van der Waals surface area contributed by atoms with E-state index < -0.39 is 5.91 Å². The molecule has 2 aromatic rings. The zero-order valence-corrected chi connectivity index (χ0v) is 12.3. The second-order valence-electron chi connectivity index (χ2n) is 5.19. The molecule has 0 saturated carbocycles. The molecular weight excluding hydrogens is 300 g/mol. The van der Waals surface area contributed by atoms with E-state index in [1.54, 1.807) is 41.5 Å². The summed E-state index contributed by atoms with van der Waals surface area (Å²) in [5, 5.41) is 6.89. The van der Waals surface area contributed by atoms with Crippen LogP contribution >= 0.6 is 0 Å². The van der Waals surface area contributed by atoms with Crippen molar-refractivity contribution < 1.29 is 18.8 Å². The number of hydrogen-bond donors (Lipinski definition) is 1. The quantitative estimate of drug-likeness (QED) is 0.775. The van der Waals surface area contributed by atoms with Crippen LogP contribution in [0.2, 0.25) is 0 Å². The molecule has 1 saturated heterocycles. The lowest BCUT2D eigenvalue weighted by Gasteiger charge is -2.18. The average Bonchev–Trinajstić information content (AvgIpc) is 3.27. The van der Waals surface area contributed by atoms with Crippen molar-refractivity contribution in [3.63, 3.8) is 0 Å². The minimum Gasteiger partial charge on any atom is -0.467 e. The molecule has 1 unspecified atom stereocenters. The van der Waals surface area contributed by atoms with Gasteiger partial charge >= 0.3 is 0 Å². The first-order chi connectivity index (χ1) is 11.1. The number of imide groups is 1. The Kier molecular flexibility index (Phi) is 4.22. The van der Waals surface area contributed by atoms with Crippen LogP contribution in [0.1, 0.15) is 24.6 Å². The van der Waals surface area contributed by atoms with E-state index >= 15 is 0 Å². The van der Waals surface area contributed by atoms with E-state index in [2.05, 4.69) is 10.4 Å². The van der Waals surface area contributed by atoms with Gasteiger partial charge in [0.2, 0.25) is 17.7 Å². The summed E-state index contributed by atoms with van der Waals surface area (Å²) in [4.78, 5) is 36.1. The van der Waals surface area contributed by atoms with Crippen molar-refractivity contribution in [2.45, 2.75) is 18.9 Å². The lowest BCUT2D eigenvalue weighted by molar-refractivity contribution is -0.142. The molecule has 0 radical (unpaired) electrons. The summed E-state index contributed by atoms with van der Waals surface area (Å²) in [6.07, 6.45) is 5.31. The largest absolute Gasteiger partial charge is 0.467 e. The van der Waals surface area contributed by atoms with Crippen LogP contribution < -0.4 is 5.32 Å². The molecule has 0 spiro atoms. The van der Waals surface area contributed by atoms with E-state index in [9.17, 15) is 14.4 Å². The van der Waals surface area contributed by atoms with Gasteiger partial charge in [0.15, 0.2) is 0 Å². The van der Waals surface area contributed by atoms with E-state index in [0.29, 0.717) is 5.76 Å². The van der Waals surface area contributed by atoms with Gasteiger partial charge in [0.1, 0.15) is 18.3 Å². The van der Waals surface area contributed by atoms with E-state index in [1.807, 2.05) is 0 Å². The van der Waals surface area contributed by atoms with Gasteiger partial charge in [-0.15, -0.1) is 0 Å². The van der Waals surface area contributed by atoms with Crippen LogP contribution in [-0.4, -0.2) is 45.5 Å². The van der Waals surface area contributed by atoms with E-state index in [0.717, 1.165) is 4.90 Å². The highest BCUT2D eigenvalue weighted by atomic mass is 16.3. The number of nitrogens with one attached hydrogen (secondary N) is 1. The van der Waals surface area contributed by atoms with Gasteiger partial charge in [-0.3, -0.25) is 24.0 Å². The van der Waals surface area contributed by atoms with E-state index in [4.69, 9.17) is 4.42 Å². The molecule has 23 heavy (non-hydrogen) atoms. The Morgan fingerprint density at radius 2 is 2.09 bits per heavy atom. The minimum absolute atomic E-state index is 0.175. The van der Waals surface area contributed by atoms with Crippen molar-refractivity contribution >= 4 is 17.7 Å². The molecule has 3 rings (SSSR count). The Labute approximate surface area is 132 Å². The molecule has 120 valence electrons. The molecule has 1 atom stereocenters. The molecule has 0 bridgehead atoms. The number of likely N-dealkylation sites (tertiary alicyclic amines) is 1. The Morgan fingerprint density at radius 1 is 1.30 bits per heavy atom. The van der Waals surface area contributed by atoms with Crippen molar-refractivity contribution in [3.05, 3.63) is 42.6 Å². The average molecular weight is 316 g/mol. The molecule has 8 heteroatoms. The molecule has 1 aliphatic heterocycles. The summed E-state index contributed by atoms with van der Waals surface area (Å²) in [6, 6.07) is 5.04. The van der Waals surface area contributed by atoms with Crippen molar-refractivity contribution in [1.29, 1.82) is 0 Å². The Balaban J connectivity index is 1.62. The Morgan fingerprint density at radius 3 is 2.70 bits per heavy atom. The number of nitrogens with zero attached hydrogens (tertiary/aromatic N) is 3. The molecule has 1 aliphatic rings. The zero-order chi connectivity index (χ0) is 16.2. The van der Waals surface area contributed by atoms with Gasteiger partial charge in [0.05, 0.1) is 6.26 Å². The van der Waals surface area contributed by atoms with Crippen LogP contribution in [0.3, 0.4) is 0 Å². The SMILES string of the molecule is O=C(CN1C(=O)CCC1=O)NCC(c1ccco1)n1cccn1. The first kappa shape index (κ1) is 15.0. The van der Waals surface area contributed by atoms with Crippen molar-refractivity contribution in [1.82, 2.24) is 20.0 Å². The normalized spacial score (nSPS) is 15.9. The summed E-state index contributed by atoms with van der Waals surface area (Å²) < 4.78 is 7.06. The molecule has 3 amide bonds. The molecule has 3 heterocycles. The van der Waals surface area contributed by atoms with E-state index in [-0.39, 0.29) is 43.8 Å². The number of amides is 3. The molecule has 2 aromatic heterocycles. The van der Waals surface area contributed by atoms with Crippen molar-refractivity contribution in [2.24, 2.45) is 0 Å². The number of rotatable bonds is 6. The second kappa shape index (κ2) is 6.47. The summed E-state index contributed by atoms with van der Waals surface area (Å²) in [5.41, 5.74) is 0. The van der Waals surface area contributed by atoms with Crippen LogP contribution in [0.5, 0.6) is 0 Å². The molecular formula is C15H16N4O4. The fourth-order valence-corrected chi connectivity index (χ4v) is 2.48. The molecule has 8 nitrogen and oxygen atoms in total. The predicted octanol–water partition coefficient (Wildman–Crippen LogP) is 0.331. The summed E-state index contributed by atoms with van der Waals surface area (Å²) >= 11 is 0. The number of aromatic nitrogens is 2. The van der Waals surface area contributed by atoms with Gasteiger partial charge in [0.25, 0.3) is 0 Å². The van der Waals surface area contributed by atoms with Gasteiger partial charge in [-0.1, -0.05) is 0 Å². The summed E-state index contributed by atoms with van der Waals surface area (Å²) in [5.74, 6) is -0.348. The Hall–Kier alpha value is -2.90. The number of hydrogen-bond acceptors (Lipinski definition) is 5. The Bertz CT molecular complexity index is 643. The van der Waals surface area contributed by atoms with Crippen LogP contribution in [-0.2, 0) is 14.4 Å². The molecule has 1 N–H and O–H groups in total. The maximum atomic E-state index is 12.0. The third kappa shape index (κ3) is 3.31. The third-order valence-electron chi connectivity index (χ3n) is 3.66. The fourth-order valence-electron chi connectivity index (χ4n) is 2.48. The highest BCUT2D eigenvalue weighted by Crippen LogP contribution is 2.17. The van der Waals surface area contributed by atoms with Gasteiger partial charge in [-0.05, 0) is 18.2 Å². The van der Waals surface area contributed by atoms with E-state index in [1.165, 1.54) is 0 Å². The van der Waals surface area contributed by atoms with Crippen LogP contribution in [0.15, 0.2) is 41.3 Å². The van der Waals surface area contributed by atoms with Crippen molar-refractivity contribution in [3.8, 4) is 0 Å². The summed E-state index contributed by atoms with van der Waals surface area (Å²) in [6.45, 7) is -0.00804. The van der Waals surface area contributed by atoms with Gasteiger partial charge in [0, 0.05) is 31.8 Å². The predicted molar refractivity (Wildman–Crippen MR) is 78.0 cm³/mol. The molecule has 1 fully saturated rings. The maximum absolute atomic E-state index is 12.0. The third-order valence-corrected chi connectivity index (χ3v) is 3.66. The zero-order valence-electron chi connectivity index (χ0n) is 12.3. The highest BCUT2D eigenvalue weighted by Gasteiger charge is 2.30. The minimum atomic E-state index is -0.391.